The minimum absolute atomic E-state index is 0.407. The van der Waals surface area contributed by atoms with Crippen LogP contribution in [0.5, 0.6) is 0 Å². The fourth-order valence-electron chi connectivity index (χ4n) is 2.89. The quantitative estimate of drug-likeness (QED) is 0.811. The van der Waals surface area contributed by atoms with Crippen LogP contribution in [0.4, 0.5) is 0 Å². The molecule has 20 heavy (non-hydrogen) atoms. The van der Waals surface area contributed by atoms with Gasteiger partial charge in [-0.1, -0.05) is 6.92 Å². The highest BCUT2D eigenvalue weighted by molar-refractivity contribution is 7.13. The summed E-state index contributed by atoms with van der Waals surface area (Å²) >= 11 is 3.97. The summed E-state index contributed by atoms with van der Waals surface area (Å²) in [5, 5.41) is 3.75. The lowest BCUT2D eigenvalue weighted by atomic mass is 9.98. The van der Waals surface area contributed by atoms with E-state index >= 15 is 0 Å². The van der Waals surface area contributed by atoms with Gasteiger partial charge in [-0.2, -0.15) is 0 Å². The molecule has 0 aromatic carbocycles. The molecule has 2 aromatic rings. The van der Waals surface area contributed by atoms with Crippen molar-refractivity contribution in [3.8, 4) is 0 Å². The summed E-state index contributed by atoms with van der Waals surface area (Å²) in [6.07, 6.45) is 6.51. The summed E-state index contributed by atoms with van der Waals surface area (Å²) in [6.45, 7) is 5.53. The molecule has 0 bridgehead atoms. The first-order chi connectivity index (χ1) is 9.78. The zero-order valence-corrected chi connectivity index (χ0v) is 14.0. The maximum Gasteiger partial charge on any atom is 0.0765 e. The smallest absolute Gasteiger partial charge is 0.0765 e. The van der Waals surface area contributed by atoms with E-state index in [1.807, 2.05) is 22.7 Å². The lowest BCUT2D eigenvalue weighted by Crippen LogP contribution is -2.21. The molecule has 1 aliphatic rings. The number of aryl methyl sites for hydroxylation is 3. The van der Waals surface area contributed by atoms with Gasteiger partial charge in [0.1, 0.15) is 0 Å². The fraction of sp³-hybridized carbons (Fsp3) is 0.529. The van der Waals surface area contributed by atoms with Crippen LogP contribution >= 0.6 is 22.7 Å². The molecule has 0 fully saturated rings. The molecular formula is C17H23NS2. The molecule has 1 unspecified atom stereocenters. The first kappa shape index (κ1) is 14.3. The molecule has 0 saturated heterocycles. The van der Waals surface area contributed by atoms with Gasteiger partial charge in [0.05, 0.1) is 6.04 Å². The first-order valence-electron chi connectivity index (χ1n) is 7.69. The van der Waals surface area contributed by atoms with Gasteiger partial charge in [-0.05, 0) is 69.3 Å². The molecule has 0 saturated carbocycles. The molecular weight excluding hydrogens is 282 g/mol. The molecule has 2 aromatic heterocycles. The molecule has 1 nitrogen and oxygen atoms in total. The Hall–Kier alpha value is -0.640. The highest BCUT2D eigenvalue weighted by Gasteiger charge is 2.21. The van der Waals surface area contributed by atoms with E-state index in [4.69, 9.17) is 0 Å². The summed E-state index contributed by atoms with van der Waals surface area (Å²) in [5.41, 5.74) is 1.62. The normalized spacial score (nSPS) is 16.1. The molecule has 1 aliphatic carbocycles. The molecule has 3 heteroatoms. The van der Waals surface area contributed by atoms with Gasteiger partial charge >= 0.3 is 0 Å². The number of nitrogens with one attached hydrogen (secondary N) is 1. The Morgan fingerprint density at radius 1 is 1.15 bits per heavy atom. The van der Waals surface area contributed by atoms with Gasteiger partial charge < -0.3 is 5.32 Å². The Morgan fingerprint density at radius 3 is 2.70 bits per heavy atom. The van der Waals surface area contributed by atoms with Gasteiger partial charge in [-0.25, -0.2) is 0 Å². The Morgan fingerprint density at radius 2 is 2.00 bits per heavy atom. The number of hydrogen-bond donors (Lipinski definition) is 1. The number of rotatable bonds is 5. The van der Waals surface area contributed by atoms with Crippen LogP contribution in [-0.4, -0.2) is 6.54 Å². The standard InChI is InChI=1S/C17H23NS2/c1-3-10-18-17(15-9-8-12(2)19-15)16-11-13-6-4-5-7-14(13)20-16/h8-9,11,17-18H,3-7,10H2,1-2H3. The monoisotopic (exact) mass is 305 g/mol. The SMILES string of the molecule is CCCNC(c1ccc(C)s1)c1cc2c(s1)CCCC2. The average Bonchev–Trinajstić information content (AvgIpc) is 3.05. The first-order valence-corrected chi connectivity index (χ1v) is 9.32. The lowest BCUT2D eigenvalue weighted by Gasteiger charge is -2.15. The van der Waals surface area contributed by atoms with E-state index in [0.29, 0.717) is 6.04 Å². The van der Waals surface area contributed by atoms with Gasteiger partial charge in [0.15, 0.2) is 0 Å². The zero-order valence-electron chi connectivity index (χ0n) is 12.4. The summed E-state index contributed by atoms with van der Waals surface area (Å²) in [7, 11) is 0. The second-order valence-corrected chi connectivity index (χ2v) is 8.13. The fourth-order valence-corrected chi connectivity index (χ4v) is 5.29. The molecule has 3 rings (SSSR count). The summed E-state index contributed by atoms with van der Waals surface area (Å²) in [4.78, 5) is 6.04. The molecule has 1 atom stereocenters. The van der Waals surface area contributed by atoms with Crippen molar-refractivity contribution in [2.75, 3.05) is 6.54 Å². The highest BCUT2D eigenvalue weighted by atomic mass is 32.1. The zero-order chi connectivity index (χ0) is 13.9. The summed E-state index contributed by atoms with van der Waals surface area (Å²) in [6, 6.07) is 7.42. The van der Waals surface area contributed by atoms with Crippen LogP contribution in [0.25, 0.3) is 0 Å². The molecule has 2 heterocycles. The van der Waals surface area contributed by atoms with Crippen LogP contribution in [0.1, 0.15) is 57.3 Å². The topological polar surface area (TPSA) is 12.0 Å². The van der Waals surface area contributed by atoms with Crippen LogP contribution in [0.3, 0.4) is 0 Å². The van der Waals surface area contributed by atoms with E-state index in [1.54, 1.807) is 10.4 Å². The number of thiophene rings is 2. The molecule has 1 N–H and O–H groups in total. The van der Waals surface area contributed by atoms with Gasteiger partial charge in [-0.3, -0.25) is 0 Å². The highest BCUT2D eigenvalue weighted by Crippen LogP contribution is 2.37. The van der Waals surface area contributed by atoms with Crippen LogP contribution in [0.2, 0.25) is 0 Å². The Kier molecular flexibility index (Phi) is 4.59. The third-order valence-corrected chi connectivity index (χ3v) is 6.31. The number of fused-ring (bicyclic) bond motifs is 1. The van der Waals surface area contributed by atoms with E-state index in [2.05, 4.69) is 37.4 Å². The van der Waals surface area contributed by atoms with Crippen molar-refractivity contribution in [3.63, 3.8) is 0 Å². The molecule has 0 amide bonds. The average molecular weight is 306 g/mol. The van der Waals surface area contributed by atoms with E-state index in [0.717, 1.165) is 6.54 Å². The third kappa shape index (κ3) is 3.00. The minimum Gasteiger partial charge on any atom is -0.305 e. The van der Waals surface area contributed by atoms with Crippen molar-refractivity contribution in [2.45, 2.75) is 52.0 Å². The van der Waals surface area contributed by atoms with Crippen LogP contribution < -0.4 is 5.32 Å². The maximum atomic E-state index is 3.75. The van der Waals surface area contributed by atoms with Crippen molar-refractivity contribution in [3.05, 3.63) is 43.3 Å². The van der Waals surface area contributed by atoms with E-state index in [9.17, 15) is 0 Å². The molecule has 108 valence electrons. The lowest BCUT2D eigenvalue weighted by molar-refractivity contribution is 0.612. The predicted molar refractivity (Wildman–Crippen MR) is 90.2 cm³/mol. The second kappa shape index (κ2) is 6.42. The summed E-state index contributed by atoms with van der Waals surface area (Å²) < 4.78 is 0. The van der Waals surface area contributed by atoms with Crippen molar-refractivity contribution < 1.29 is 0 Å². The van der Waals surface area contributed by atoms with Crippen LogP contribution in [0.15, 0.2) is 18.2 Å². The van der Waals surface area contributed by atoms with Crippen molar-refractivity contribution in [1.29, 1.82) is 0 Å². The van der Waals surface area contributed by atoms with Crippen molar-refractivity contribution >= 4 is 22.7 Å². The van der Waals surface area contributed by atoms with Crippen molar-refractivity contribution in [1.82, 2.24) is 5.32 Å². The Balaban J connectivity index is 1.90. The summed E-state index contributed by atoms with van der Waals surface area (Å²) in [5.74, 6) is 0. The Labute approximate surface area is 130 Å². The third-order valence-electron chi connectivity index (χ3n) is 3.94. The molecule has 0 spiro atoms. The molecule has 0 aliphatic heterocycles. The van der Waals surface area contributed by atoms with Gasteiger partial charge in [0.2, 0.25) is 0 Å². The van der Waals surface area contributed by atoms with Gasteiger partial charge in [0.25, 0.3) is 0 Å². The van der Waals surface area contributed by atoms with Crippen LogP contribution in [-0.2, 0) is 12.8 Å². The van der Waals surface area contributed by atoms with E-state index in [1.165, 1.54) is 46.7 Å². The van der Waals surface area contributed by atoms with Crippen LogP contribution in [0, 0.1) is 6.92 Å². The second-order valence-electron chi connectivity index (χ2n) is 5.64. The molecule has 0 radical (unpaired) electrons. The number of hydrogen-bond acceptors (Lipinski definition) is 3. The predicted octanol–water partition coefficient (Wildman–Crippen LogP) is 5.09. The Bertz CT molecular complexity index is 544. The maximum absolute atomic E-state index is 3.75. The van der Waals surface area contributed by atoms with E-state index < -0.39 is 0 Å². The minimum atomic E-state index is 0.407. The van der Waals surface area contributed by atoms with Crippen molar-refractivity contribution in [2.24, 2.45) is 0 Å². The van der Waals surface area contributed by atoms with Gasteiger partial charge in [-0.15, -0.1) is 22.7 Å². The largest absolute Gasteiger partial charge is 0.305 e. The van der Waals surface area contributed by atoms with E-state index in [-0.39, 0.29) is 0 Å². The van der Waals surface area contributed by atoms with Gasteiger partial charge in [0, 0.05) is 19.5 Å².